The van der Waals surface area contributed by atoms with E-state index in [1.54, 1.807) is 0 Å². The molecule has 0 aliphatic carbocycles. The maximum atomic E-state index is 7.70. The zero-order valence-electron chi connectivity index (χ0n) is 2.81. The lowest BCUT2D eigenvalue weighted by Crippen LogP contribution is -1.45. The highest BCUT2D eigenvalue weighted by Gasteiger charge is 1.57. The third-order valence-electron chi connectivity index (χ3n) is 0.209. The smallest absolute Gasteiger partial charge is 0.0663 e. The predicted molar refractivity (Wildman–Crippen MR) is 19.1 cm³/mol. The normalized spacial score (nSPS) is 5.40. The standard InChI is InChI=1S/C4H4N/c1-2-3-4-5/h1-2H,3H2. The number of nitrogens with zero attached hydrogens (tertiary/aromatic N) is 1. The van der Waals surface area contributed by atoms with Gasteiger partial charge in [-0.3, -0.25) is 0 Å². The monoisotopic (exact) mass is 66.0 g/mol. The van der Waals surface area contributed by atoms with Gasteiger partial charge in [-0.1, -0.05) is 12.7 Å². The highest BCUT2D eigenvalue weighted by molar-refractivity contribution is 4.80. The number of rotatable bonds is 1. The summed E-state index contributed by atoms with van der Waals surface area (Å²) in [5, 5.41) is 7.70. The molecule has 25 valence electrons. The Bertz CT molecular complexity index is 58.5. The van der Waals surface area contributed by atoms with Crippen molar-refractivity contribution >= 4 is 0 Å². The molecule has 0 unspecified atom stereocenters. The Hall–Kier alpha value is -0.770. The van der Waals surface area contributed by atoms with Gasteiger partial charge >= 0.3 is 0 Å². The summed E-state index contributed by atoms with van der Waals surface area (Å²) >= 11 is 0. The summed E-state index contributed by atoms with van der Waals surface area (Å²) in [5.41, 5.74) is 0. The van der Waals surface area contributed by atoms with Gasteiger partial charge in [0, 0.05) is 0 Å². The highest BCUT2D eigenvalue weighted by atomic mass is 14.2. The van der Waals surface area contributed by atoms with Crippen LogP contribution in [0.2, 0.25) is 0 Å². The van der Waals surface area contributed by atoms with E-state index in [1.165, 1.54) is 6.08 Å². The molecule has 0 bridgehead atoms. The van der Waals surface area contributed by atoms with Gasteiger partial charge in [-0.2, -0.15) is 5.26 Å². The lowest BCUT2D eigenvalue weighted by molar-refractivity contribution is 1.36. The number of allylic oxidation sites excluding steroid dienone is 1. The van der Waals surface area contributed by atoms with Crippen molar-refractivity contribution in [3.8, 4) is 6.07 Å². The van der Waals surface area contributed by atoms with Crippen LogP contribution in [-0.2, 0) is 0 Å². The van der Waals surface area contributed by atoms with Crippen molar-refractivity contribution in [3.05, 3.63) is 12.7 Å². The molecule has 0 amide bonds. The summed E-state index contributed by atoms with van der Waals surface area (Å²) in [4.78, 5) is 0. The van der Waals surface area contributed by atoms with Crippen LogP contribution >= 0.6 is 0 Å². The second kappa shape index (κ2) is 3.23. The maximum absolute atomic E-state index is 7.70. The molecule has 5 heavy (non-hydrogen) atoms. The second-order valence-electron chi connectivity index (χ2n) is 0.598. The molecule has 0 aromatic heterocycles. The summed E-state index contributed by atoms with van der Waals surface area (Å²) < 4.78 is 0. The van der Waals surface area contributed by atoms with E-state index in [4.69, 9.17) is 11.8 Å². The van der Waals surface area contributed by atoms with E-state index in [-0.39, 0.29) is 0 Å². The molecule has 0 fully saturated rings. The Morgan fingerprint density at radius 1 is 2.00 bits per heavy atom. The summed E-state index contributed by atoms with van der Waals surface area (Å²) in [6, 6.07) is 1.84. The molecule has 0 rings (SSSR count). The molecule has 0 N–H and O–H groups in total. The molecule has 0 heterocycles. The molecule has 1 radical (unpaired) electrons. The first kappa shape index (κ1) is 4.23. The molecule has 1 nitrogen and oxygen atoms in total. The Morgan fingerprint density at radius 3 is 2.60 bits per heavy atom. The quantitative estimate of drug-likeness (QED) is 0.446. The van der Waals surface area contributed by atoms with E-state index >= 15 is 0 Å². The minimum atomic E-state index is 0.347. The van der Waals surface area contributed by atoms with Gasteiger partial charge < -0.3 is 0 Å². The minimum Gasteiger partial charge on any atom is -0.198 e. The predicted octanol–water partition coefficient (Wildman–Crippen LogP) is 0.889. The van der Waals surface area contributed by atoms with Gasteiger partial charge in [-0.25, -0.2) is 0 Å². The SMILES string of the molecule is [CH]=CCC#N. The van der Waals surface area contributed by atoms with Crippen LogP contribution < -0.4 is 0 Å². The molecule has 0 saturated carbocycles. The summed E-state index contributed by atoms with van der Waals surface area (Å²) in [6.07, 6.45) is 1.67. The first-order valence-corrected chi connectivity index (χ1v) is 1.32. The summed E-state index contributed by atoms with van der Waals surface area (Å²) in [7, 11) is 0. The van der Waals surface area contributed by atoms with Gasteiger partial charge in [-0.15, -0.1) is 0 Å². The zero-order valence-corrected chi connectivity index (χ0v) is 2.81. The number of hydrogen-bond acceptors (Lipinski definition) is 1. The van der Waals surface area contributed by atoms with E-state index in [0.717, 1.165) is 0 Å². The summed E-state index contributed by atoms with van der Waals surface area (Å²) in [5.74, 6) is 0. The van der Waals surface area contributed by atoms with Crippen molar-refractivity contribution in [1.82, 2.24) is 0 Å². The first-order valence-electron chi connectivity index (χ1n) is 1.32. The van der Waals surface area contributed by atoms with Gasteiger partial charge in [0.25, 0.3) is 0 Å². The average Bonchev–Trinajstić information content (AvgIpc) is 1.41. The molecule has 0 aliphatic rings. The van der Waals surface area contributed by atoms with Crippen LogP contribution in [0, 0.1) is 17.9 Å². The third kappa shape index (κ3) is 3.23. The molecule has 0 aliphatic heterocycles. The molecule has 0 aromatic carbocycles. The van der Waals surface area contributed by atoms with Gasteiger partial charge in [0.15, 0.2) is 0 Å². The Kier molecular flexibility index (Phi) is 2.73. The maximum Gasteiger partial charge on any atom is 0.0663 e. The topological polar surface area (TPSA) is 23.8 Å². The molecule has 1 heteroatoms. The highest BCUT2D eigenvalue weighted by Crippen LogP contribution is 1.67. The van der Waals surface area contributed by atoms with Gasteiger partial charge in [0.05, 0.1) is 12.5 Å². The average molecular weight is 66.1 g/mol. The largest absolute Gasteiger partial charge is 0.198 e. The molecule has 0 atom stereocenters. The van der Waals surface area contributed by atoms with Crippen LogP contribution in [0.3, 0.4) is 0 Å². The van der Waals surface area contributed by atoms with Crippen LogP contribution in [0.5, 0.6) is 0 Å². The van der Waals surface area contributed by atoms with Gasteiger partial charge in [0.2, 0.25) is 0 Å². The zero-order chi connectivity index (χ0) is 4.12. The van der Waals surface area contributed by atoms with Crippen LogP contribution in [0.15, 0.2) is 6.08 Å². The van der Waals surface area contributed by atoms with Crippen LogP contribution in [0.1, 0.15) is 6.42 Å². The van der Waals surface area contributed by atoms with E-state index in [1.807, 2.05) is 6.07 Å². The Balaban J connectivity index is 2.75. The van der Waals surface area contributed by atoms with Crippen molar-refractivity contribution < 1.29 is 0 Å². The van der Waals surface area contributed by atoms with Crippen molar-refractivity contribution in [2.45, 2.75) is 6.42 Å². The van der Waals surface area contributed by atoms with E-state index < -0.39 is 0 Å². The molecular weight excluding hydrogens is 62.1 g/mol. The lowest BCUT2D eigenvalue weighted by atomic mass is 10.5. The van der Waals surface area contributed by atoms with E-state index in [2.05, 4.69) is 0 Å². The second-order valence-corrected chi connectivity index (χ2v) is 0.598. The molecular formula is C4H4N. The van der Waals surface area contributed by atoms with E-state index in [0.29, 0.717) is 6.42 Å². The fourth-order valence-corrected chi connectivity index (χ4v) is 0.0527. The molecule has 0 aromatic rings. The van der Waals surface area contributed by atoms with E-state index in [9.17, 15) is 0 Å². The van der Waals surface area contributed by atoms with Crippen molar-refractivity contribution in [1.29, 1.82) is 5.26 Å². The molecule has 0 spiro atoms. The Labute approximate surface area is 31.5 Å². The van der Waals surface area contributed by atoms with Gasteiger partial charge in [0.1, 0.15) is 0 Å². The fourth-order valence-electron chi connectivity index (χ4n) is 0.0527. The van der Waals surface area contributed by atoms with Crippen LogP contribution in [-0.4, -0.2) is 0 Å². The molecule has 0 saturated heterocycles. The fraction of sp³-hybridized carbons (Fsp3) is 0.250. The minimum absolute atomic E-state index is 0.347. The number of nitriles is 1. The van der Waals surface area contributed by atoms with Crippen molar-refractivity contribution in [2.75, 3.05) is 0 Å². The first-order chi connectivity index (χ1) is 2.41. The van der Waals surface area contributed by atoms with Crippen LogP contribution in [0.25, 0.3) is 0 Å². The Morgan fingerprint density at radius 2 is 2.60 bits per heavy atom. The van der Waals surface area contributed by atoms with Crippen LogP contribution in [0.4, 0.5) is 0 Å². The van der Waals surface area contributed by atoms with Crippen molar-refractivity contribution in [2.24, 2.45) is 0 Å². The number of hydrogen-bond donors (Lipinski definition) is 0. The van der Waals surface area contributed by atoms with Gasteiger partial charge in [-0.05, 0) is 0 Å². The third-order valence-corrected chi connectivity index (χ3v) is 0.209. The lowest BCUT2D eigenvalue weighted by Gasteiger charge is -1.55. The summed E-state index contributed by atoms with van der Waals surface area (Å²) in [6.45, 7) is 4.79. The van der Waals surface area contributed by atoms with Crippen molar-refractivity contribution in [3.63, 3.8) is 0 Å².